The Morgan fingerprint density at radius 3 is 3.00 bits per heavy atom. The van der Waals surface area contributed by atoms with Gasteiger partial charge in [-0.15, -0.1) is 0 Å². The number of amides is 1. The van der Waals surface area contributed by atoms with Crippen LogP contribution in [-0.4, -0.2) is 43.8 Å². The van der Waals surface area contributed by atoms with Crippen molar-refractivity contribution in [2.75, 3.05) is 26.8 Å². The highest BCUT2D eigenvalue weighted by Crippen LogP contribution is 2.24. The number of cyclic esters (lactones) is 1. The van der Waals surface area contributed by atoms with Crippen molar-refractivity contribution in [1.82, 2.24) is 10.2 Å². The molecular weight excluding hydrogens is 284 g/mol. The number of methoxy groups -OCH3 is 1. The Bertz CT molecular complexity index is 667. The Morgan fingerprint density at radius 1 is 1.41 bits per heavy atom. The van der Waals surface area contributed by atoms with Gasteiger partial charge in [-0.1, -0.05) is 0 Å². The highest BCUT2D eigenvalue weighted by atomic mass is 16.6. The summed E-state index contributed by atoms with van der Waals surface area (Å²) in [5.74, 6) is 1.67. The predicted octanol–water partition coefficient (Wildman–Crippen LogP) is 2.37. The second-order valence-corrected chi connectivity index (χ2v) is 5.46. The van der Waals surface area contributed by atoms with Gasteiger partial charge in [0.2, 0.25) is 0 Å². The third kappa shape index (κ3) is 3.17. The summed E-state index contributed by atoms with van der Waals surface area (Å²) >= 11 is 0. The molecule has 0 aliphatic carbocycles. The average molecular weight is 304 g/mol. The Morgan fingerprint density at radius 2 is 2.27 bits per heavy atom. The van der Waals surface area contributed by atoms with Crippen molar-refractivity contribution in [2.24, 2.45) is 0 Å². The summed E-state index contributed by atoms with van der Waals surface area (Å²) in [6.45, 7) is 4.43. The van der Waals surface area contributed by atoms with Crippen LogP contribution < -0.4 is 10.1 Å². The number of hydrogen-bond donors (Lipinski definition) is 1. The van der Waals surface area contributed by atoms with E-state index < -0.39 is 0 Å². The lowest BCUT2D eigenvalue weighted by atomic mass is 10.2. The summed E-state index contributed by atoms with van der Waals surface area (Å²) in [6.07, 6.45) is -0.232. The number of rotatable bonds is 6. The number of carbonyl (C=O) groups is 1. The maximum atomic E-state index is 11.4. The van der Waals surface area contributed by atoms with Gasteiger partial charge in [0.25, 0.3) is 0 Å². The minimum atomic E-state index is -0.232. The zero-order valence-corrected chi connectivity index (χ0v) is 12.8. The third-order valence-electron chi connectivity index (χ3n) is 3.74. The highest BCUT2D eigenvalue weighted by Gasteiger charge is 2.23. The lowest BCUT2D eigenvalue weighted by molar-refractivity contribution is 0.156. The molecule has 22 heavy (non-hydrogen) atoms. The number of nitrogens with one attached hydrogen (secondary N) is 1. The van der Waals surface area contributed by atoms with E-state index in [0.29, 0.717) is 26.2 Å². The van der Waals surface area contributed by atoms with Crippen LogP contribution in [0.1, 0.15) is 12.7 Å². The monoisotopic (exact) mass is 304 g/mol. The minimum Gasteiger partial charge on any atom is -0.497 e. The van der Waals surface area contributed by atoms with E-state index in [4.69, 9.17) is 13.9 Å². The molecule has 6 nitrogen and oxygen atoms in total. The van der Waals surface area contributed by atoms with Gasteiger partial charge < -0.3 is 24.1 Å². The zero-order chi connectivity index (χ0) is 15.5. The number of furan rings is 1. The first-order valence-corrected chi connectivity index (χ1v) is 7.37. The first-order chi connectivity index (χ1) is 10.7. The zero-order valence-electron chi connectivity index (χ0n) is 12.8. The highest BCUT2D eigenvalue weighted by molar-refractivity contribution is 5.79. The number of carbonyl (C=O) groups excluding carboxylic acids is 1. The molecule has 1 aliphatic rings. The molecule has 0 spiro atoms. The molecule has 0 bridgehead atoms. The molecule has 1 aromatic heterocycles. The number of benzene rings is 1. The summed E-state index contributed by atoms with van der Waals surface area (Å²) in [7, 11) is 1.65. The second-order valence-electron chi connectivity index (χ2n) is 5.46. The fourth-order valence-corrected chi connectivity index (χ4v) is 2.55. The minimum absolute atomic E-state index is 0.161. The number of fused-ring (bicyclic) bond motifs is 1. The summed E-state index contributed by atoms with van der Waals surface area (Å²) in [4.78, 5) is 13.1. The van der Waals surface area contributed by atoms with E-state index >= 15 is 0 Å². The smallest absolute Gasteiger partial charge is 0.409 e. The molecule has 118 valence electrons. The normalized spacial score (nSPS) is 16.1. The molecule has 0 saturated carbocycles. The number of nitrogens with zero attached hydrogens (tertiary/aromatic N) is 1. The SMILES string of the molecule is COc1ccc2oc(CNC(C)CN3CCOC3=O)cc2c1. The molecule has 2 heterocycles. The molecule has 1 aliphatic heterocycles. The van der Waals surface area contributed by atoms with E-state index in [-0.39, 0.29) is 12.1 Å². The topological polar surface area (TPSA) is 63.9 Å². The van der Waals surface area contributed by atoms with E-state index in [9.17, 15) is 4.79 Å². The largest absolute Gasteiger partial charge is 0.497 e. The summed E-state index contributed by atoms with van der Waals surface area (Å²) in [6, 6.07) is 7.90. The van der Waals surface area contributed by atoms with Crippen LogP contribution >= 0.6 is 0 Å². The van der Waals surface area contributed by atoms with Crippen LogP contribution in [0.3, 0.4) is 0 Å². The molecule has 1 unspecified atom stereocenters. The fraction of sp³-hybridized carbons (Fsp3) is 0.438. The Kier molecular flexibility index (Phi) is 4.20. The van der Waals surface area contributed by atoms with Gasteiger partial charge >= 0.3 is 6.09 Å². The molecule has 1 aromatic carbocycles. The molecule has 1 N–H and O–H groups in total. The van der Waals surface area contributed by atoms with E-state index in [1.807, 2.05) is 31.2 Å². The average Bonchev–Trinajstić information content (AvgIpc) is 3.10. The van der Waals surface area contributed by atoms with Crippen molar-refractivity contribution >= 4 is 17.1 Å². The lowest BCUT2D eigenvalue weighted by Crippen LogP contribution is -2.39. The fourth-order valence-electron chi connectivity index (χ4n) is 2.55. The molecule has 6 heteroatoms. The van der Waals surface area contributed by atoms with Crippen LogP contribution in [0.15, 0.2) is 28.7 Å². The summed E-state index contributed by atoms with van der Waals surface area (Å²) in [5.41, 5.74) is 0.841. The first kappa shape index (κ1) is 14.7. The molecule has 1 fully saturated rings. The maximum Gasteiger partial charge on any atom is 0.409 e. The molecule has 2 aromatic rings. The van der Waals surface area contributed by atoms with Gasteiger partial charge in [0.05, 0.1) is 20.2 Å². The van der Waals surface area contributed by atoms with Gasteiger partial charge in [-0.2, -0.15) is 0 Å². The first-order valence-electron chi connectivity index (χ1n) is 7.37. The number of hydrogen-bond acceptors (Lipinski definition) is 5. The molecular formula is C16H20N2O4. The van der Waals surface area contributed by atoms with Crippen molar-refractivity contribution in [3.8, 4) is 5.75 Å². The Hall–Kier alpha value is -2.21. The van der Waals surface area contributed by atoms with E-state index in [1.54, 1.807) is 12.0 Å². The third-order valence-corrected chi connectivity index (χ3v) is 3.74. The molecule has 1 amide bonds. The lowest BCUT2D eigenvalue weighted by Gasteiger charge is -2.19. The van der Waals surface area contributed by atoms with Crippen molar-refractivity contribution in [1.29, 1.82) is 0 Å². The van der Waals surface area contributed by atoms with Gasteiger partial charge in [-0.3, -0.25) is 0 Å². The van der Waals surface area contributed by atoms with Crippen LogP contribution in [0.4, 0.5) is 4.79 Å². The van der Waals surface area contributed by atoms with E-state index in [0.717, 1.165) is 22.5 Å². The van der Waals surface area contributed by atoms with Gasteiger partial charge in [-0.05, 0) is 31.2 Å². The van der Waals surface area contributed by atoms with Crippen molar-refractivity contribution in [2.45, 2.75) is 19.5 Å². The van der Waals surface area contributed by atoms with Crippen LogP contribution in [0.2, 0.25) is 0 Å². The van der Waals surface area contributed by atoms with Crippen molar-refractivity contribution in [3.05, 3.63) is 30.0 Å². The van der Waals surface area contributed by atoms with Crippen LogP contribution in [0.25, 0.3) is 11.0 Å². The Labute approximate surface area is 129 Å². The van der Waals surface area contributed by atoms with Crippen molar-refractivity contribution in [3.63, 3.8) is 0 Å². The number of ether oxygens (including phenoxy) is 2. The van der Waals surface area contributed by atoms with Crippen molar-refractivity contribution < 1.29 is 18.7 Å². The molecule has 1 saturated heterocycles. The second kappa shape index (κ2) is 6.27. The van der Waals surface area contributed by atoms with Gasteiger partial charge in [0.1, 0.15) is 23.7 Å². The van der Waals surface area contributed by atoms with Crippen LogP contribution in [0, 0.1) is 0 Å². The molecule has 3 rings (SSSR count). The summed E-state index contributed by atoms with van der Waals surface area (Å²) < 4.78 is 15.9. The molecule has 0 radical (unpaired) electrons. The van der Waals surface area contributed by atoms with Gasteiger partial charge in [0.15, 0.2) is 0 Å². The molecule has 1 atom stereocenters. The van der Waals surface area contributed by atoms with Crippen LogP contribution in [-0.2, 0) is 11.3 Å². The Balaban J connectivity index is 1.57. The standard InChI is InChI=1S/C16H20N2O4/c1-11(10-18-5-6-21-16(18)19)17-9-14-8-12-7-13(20-2)3-4-15(12)22-14/h3-4,7-8,11,17H,5-6,9-10H2,1-2H3. The van der Waals surface area contributed by atoms with E-state index in [1.165, 1.54) is 0 Å². The van der Waals surface area contributed by atoms with Gasteiger partial charge in [-0.25, -0.2) is 4.79 Å². The predicted molar refractivity (Wildman–Crippen MR) is 82.0 cm³/mol. The summed E-state index contributed by atoms with van der Waals surface area (Å²) in [5, 5.41) is 4.38. The van der Waals surface area contributed by atoms with Gasteiger partial charge in [0, 0.05) is 18.0 Å². The van der Waals surface area contributed by atoms with E-state index in [2.05, 4.69) is 5.32 Å². The quantitative estimate of drug-likeness (QED) is 0.887. The van der Waals surface area contributed by atoms with Crippen LogP contribution in [0.5, 0.6) is 5.75 Å². The maximum absolute atomic E-state index is 11.4.